The van der Waals surface area contributed by atoms with Gasteiger partial charge >= 0.3 is 0 Å². The van der Waals surface area contributed by atoms with Gasteiger partial charge in [-0.15, -0.1) is 0 Å². The number of fused-ring (bicyclic) bond motifs is 1. The van der Waals surface area contributed by atoms with Crippen LogP contribution in [0.2, 0.25) is 0 Å². The summed E-state index contributed by atoms with van der Waals surface area (Å²) in [5, 5.41) is 23.0. The molecule has 0 aliphatic carbocycles. The van der Waals surface area contributed by atoms with Crippen LogP contribution in [0.5, 0.6) is 0 Å². The Morgan fingerprint density at radius 1 is 1.43 bits per heavy atom. The second kappa shape index (κ2) is 6.71. The Balaban J connectivity index is 1.88. The van der Waals surface area contributed by atoms with Gasteiger partial charge in [-0.2, -0.15) is 4.98 Å². The monoisotopic (exact) mass is 386 g/mol. The molecule has 0 spiro atoms. The van der Waals surface area contributed by atoms with Gasteiger partial charge in [0.05, 0.1) is 12.7 Å². The van der Waals surface area contributed by atoms with Gasteiger partial charge in [0, 0.05) is 12.1 Å². The van der Waals surface area contributed by atoms with E-state index in [4.69, 9.17) is 10.5 Å². The van der Waals surface area contributed by atoms with E-state index >= 15 is 0 Å². The lowest BCUT2D eigenvalue weighted by molar-refractivity contribution is -0.170. The number of hydrogen-bond acceptors (Lipinski definition) is 8. The highest BCUT2D eigenvalue weighted by Crippen LogP contribution is 2.38. The molecule has 0 radical (unpaired) electrons. The number of carbonyl (C=O) groups is 1. The molecule has 1 aliphatic rings. The van der Waals surface area contributed by atoms with Crippen LogP contribution in [0, 0.1) is 0 Å². The molecule has 1 aromatic carbocycles. The van der Waals surface area contributed by atoms with E-state index < -0.39 is 36.0 Å². The molecule has 1 amide bonds. The number of aromatic amines is 1. The number of amides is 1. The van der Waals surface area contributed by atoms with Gasteiger partial charge in [0.1, 0.15) is 12.4 Å². The average molecular weight is 386 g/mol. The fraction of sp³-hybridized carbons (Fsp3) is 0.294. The van der Waals surface area contributed by atoms with E-state index in [1.54, 1.807) is 30.3 Å². The van der Waals surface area contributed by atoms with Crippen molar-refractivity contribution in [1.82, 2.24) is 19.5 Å². The highest BCUT2D eigenvalue weighted by Gasteiger charge is 2.56. The van der Waals surface area contributed by atoms with Gasteiger partial charge in [-0.3, -0.25) is 19.1 Å². The van der Waals surface area contributed by atoms with Crippen LogP contribution < -0.4 is 16.6 Å². The van der Waals surface area contributed by atoms with Crippen molar-refractivity contribution in [3.05, 3.63) is 47.0 Å². The number of benzene rings is 1. The lowest BCUT2D eigenvalue weighted by Crippen LogP contribution is -2.52. The number of aromatic nitrogens is 4. The predicted molar refractivity (Wildman–Crippen MR) is 98.2 cm³/mol. The van der Waals surface area contributed by atoms with Crippen molar-refractivity contribution < 1.29 is 19.7 Å². The number of nitrogens with one attached hydrogen (secondary N) is 2. The topological polar surface area (TPSA) is 168 Å². The number of ether oxygens (including phenoxy) is 1. The van der Waals surface area contributed by atoms with Crippen molar-refractivity contribution in [1.29, 1.82) is 0 Å². The molecule has 0 bridgehead atoms. The number of carbonyl (C=O) groups excluding carboxylic acids is 1. The molecule has 1 saturated heterocycles. The van der Waals surface area contributed by atoms with E-state index in [1.165, 1.54) is 10.9 Å². The number of aliphatic hydroxyl groups is 2. The van der Waals surface area contributed by atoms with Crippen LogP contribution in [0.1, 0.15) is 6.42 Å². The lowest BCUT2D eigenvalue weighted by Gasteiger charge is -2.32. The first-order valence-electron chi connectivity index (χ1n) is 8.52. The summed E-state index contributed by atoms with van der Waals surface area (Å²) in [4.78, 5) is 35.7. The Hall–Kier alpha value is -3.28. The zero-order valence-corrected chi connectivity index (χ0v) is 14.6. The summed E-state index contributed by atoms with van der Waals surface area (Å²) in [6.07, 6.45) is -0.960. The summed E-state index contributed by atoms with van der Waals surface area (Å²) in [5.41, 5.74) is 3.43. The SMILES string of the molecule is Nc1nc2c(ncn2[C@]2(C(=O)Nc3ccccc3)O[C@H](CO)C[C@H]2O)c(=O)[nH]1. The number of hydrogen-bond donors (Lipinski definition) is 5. The maximum absolute atomic E-state index is 13.2. The molecule has 4 rings (SSSR count). The van der Waals surface area contributed by atoms with Crippen LogP contribution in [0.4, 0.5) is 11.6 Å². The largest absolute Gasteiger partial charge is 0.394 e. The van der Waals surface area contributed by atoms with Crippen LogP contribution in [0.15, 0.2) is 41.5 Å². The van der Waals surface area contributed by atoms with Crippen LogP contribution in [0.3, 0.4) is 0 Å². The van der Waals surface area contributed by atoms with Crippen LogP contribution >= 0.6 is 0 Å². The predicted octanol–water partition coefficient (Wildman–Crippen LogP) is -0.865. The summed E-state index contributed by atoms with van der Waals surface area (Å²) in [5.74, 6) is -0.883. The lowest BCUT2D eigenvalue weighted by atomic mass is 10.0. The minimum atomic E-state index is -1.99. The fourth-order valence-corrected chi connectivity index (χ4v) is 3.34. The van der Waals surface area contributed by atoms with Gasteiger partial charge in [-0.05, 0) is 12.1 Å². The summed E-state index contributed by atoms with van der Waals surface area (Å²) < 4.78 is 6.97. The Kier molecular flexibility index (Phi) is 4.34. The summed E-state index contributed by atoms with van der Waals surface area (Å²) in [6.45, 7) is -0.403. The third kappa shape index (κ3) is 2.72. The fourth-order valence-electron chi connectivity index (χ4n) is 3.34. The normalized spacial score (nSPS) is 24.5. The molecule has 3 heterocycles. The molecule has 11 nitrogen and oxygen atoms in total. The number of nitrogen functional groups attached to an aromatic ring is 1. The molecule has 28 heavy (non-hydrogen) atoms. The first-order valence-corrected chi connectivity index (χ1v) is 8.52. The van der Waals surface area contributed by atoms with E-state index in [0.29, 0.717) is 5.69 Å². The van der Waals surface area contributed by atoms with Crippen molar-refractivity contribution in [2.75, 3.05) is 17.7 Å². The number of H-pyrrole nitrogens is 1. The molecule has 1 aliphatic heterocycles. The number of rotatable bonds is 4. The minimum Gasteiger partial charge on any atom is -0.394 e. The minimum absolute atomic E-state index is 0.00292. The smallest absolute Gasteiger partial charge is 0.281 e. The third-order valence-corrected chi connectivity index (χ3v) is 4.63. The first kappa shape index (κ1) is 18.1. The summed E-state index contributed by atoms with van der Waals surface area (Å²) in [6, 6.07) is 8.60. The van der Waals surface area contributed by atoms with Crippen LogP contribution in [-0.4, -0.2) is 54.5 Å². The summed E-state index contributed by atoms with van der Waals surface area (Å²) >= 11 is 0. The molecular weight excluding hydrogens is 368 g/mol. The van der Waals surface area contributed by atoms with Gasteiger partial charge in [0.25, 0.3) is 17.2 Å². The Morgan fingerprint density at radius 3 is 2.86 bits per heavy atom. The second-order valence-electron chi connectivity index (χ2n) is 6.43. The molecule has 0 unspecified atom stereocenters. The average Bonchev–Trinajstić information content (AvgIpc) is 3.24. The zero-order chi connectivity index (χ0) is 19.9. The molecular formula is C17H18N6O5. The maximum Gasteiger partial charge on any atom is 0.281 e. The maximum atomic E-state index is 13.2. The van der Waals surface area contributed by atoms with Crippen molar-refractivity contribution in [2.24, 2.45) is 0 Å². The molecule has 3 atom stereocenters. The number of anilines is 2. The zero-order valence-electron chi connectivity index (χ0n) is 14.6. The Bertz CT molecular complexity index is 1080. The van der Waals surface area contributed by atoms with Gasteiger partial charge in [-0.25, -0.2) is 4.98 Å². The molecule has 2 aromatic heterocycles. The van der Waals surface area contributed by atoms with Crippen molar-refractivity contribution >= 4 is 28.7 Å². The van der Waals surface area contributed by atoms with Crippen molar-refractivity contribution in [3.63, 3.8) is 0 Å². The number of nitrogens with two attached hydrogens (primary N) is 1. The number of imidazole rings is 1. The Labute approximate surface area is 157 Å². The van der Waals surface area contributed by atoms with E-state index in [1.807, 2.05) is 0 Å². The van der Waals surface area contributed by atoms with Crippen molar-refractivity contribution in [3.8, 4) is 0 Å². The highest BCUT2D eigenvalue weighted by molar-refractivity contribution is 5.97. The number of nitrogens with zero attached hydrogens (tertiary/aromatic N) is 3. The third-order valence-electron chi connectivity index (χ3n) is 4.63. The molecule has 11 heteroatoms. The quantitative estimate of drug-likeness (QED) is 0.386. The van der Waals surface area contributed by atoms with Crippen molar-refractivity contribution in [2.45, 2.75) is 24.4 Å². The number of aliphatic hydroxyl groups excluding tert-OH is 2. The van der Waals surface area contributed by atoms with Crippen LogP contribution in [-0.2, 0) is 15.3 Å². The molecule has 1 fully saturated rings. The van der Waals surface area contributed by atoms with E-state index in [0.717, 1.165) is 0 Å². The summed E-state index contributed by atoms with van der Waals surface area (Å²) in [7, 11) is 0. The molecule has 3 aromatic rings. The van der Waals surface area contributed by atoms with Gasteiger partial charge in [0.15, 0.2) is 11.2 Å². The molecule has 6 N–H and O–H groups in total. The second-order valence-corrected chi connectivity index (χ2v) is 6.43. The molecule has 0 saturated carbocycles. The highest BCUT2D eigenvalue weighted by atomic mass is 16.6. The standard InChI is InChI=1S/C17H18N6O5/c18-16-21-13-12(14(26)22-16)19-8-23(13)17(11(25)6-10(7-24)28-17)15(27)20-9-4-2-1-3-5-9/h1-5,8,10-11,24-25H,6-7H2,(H,20,27)(H3,18,21,22,26)/t10-,11+,17-/m0/s1. The van der Waals surface area contributed by atoms with Gasteiger partial charge in [0.2, 0.25) is 5.95 Å². The molecule has 146 valence electrons. The Morgan fingerprint density at radius 2 is 2.18 bits per heavy atom. The number of para-hydroxylation sites is 1. The van der Waals surface area contributed by atoms with E-state index in [-0.39, 0.29) is 23.5 Å². The van der Waals surface area contributed by atoms with Crippen LogP contribution in [0.25, 0.3) is 11.2 Å². The van der Waals surface area contributed by atoms with Gasteiger partial charge in [-0.1, -0.05) is 18.2 Å². The first-order chi connectivity index (χ1) is 13.5. The van der Waals surface area contributed by atoms with Gasteiger partial charge < -0.3 is 26.0 Å². The van der Waals surface area contributed by atoms with E-state index in [9.17, 15) is 19.8 Å². The van der Waals surface area contributed by atoms with E-state index in [2.05, 4.69) is 20.3 Å².